The molecule has 0 aliphatic heterocycles. The molecule has 25 heavy (non-hydrogen) atoms. The predicted molar refractivity (Wildman–Crippen MR) is 91.1 cm³/mol. The van der Waals surface area contributed by atoms with Crippen LogP contribution in [0.2, 0.25) is 0 Å². The first-order valence-corrected chi connectivity index (χ1v) is 8.87. The van der Waals surface area contributed by atoms with Crippen molar-refractivity contribution in [3.63, 3.8) is 0 Å². The quantitative estimate of drug-likeness (QED) is 0.401. The van der Waals surface area contributed by atoms with Crippen LogP contribution in [-0.2, 0) is 21.3 Å². The van der Waals surface area contributed by atoms with Crippen LogP contribution in [0.25, 0.3) is 0 Å². The molecular weight excluding hydrogens is 348 g/mol. The van der Waals surface area contributed by atoms with Gasteiger partial charge in [-0.1, -0.05) is 12.1 Å². The number of phenolic OH excluding ortho intramolecular Hbond substituents is 2. The van der Waals surface area contributed by atoms with Crippen molar-refractivity contribution < 1.29 is 27.6 Å². The molecule has 0 fully saturated rings. The number of amides is 1. The number of carbonyl (C=O) groups is 1. The predicted octanol–water partition coefficient (Wildman–Crippen LogP) is 1.13. The highest BCUT2D eigenvalue weighted by atomic mass is 32.2. The van der Waals surface area contributed by atoms with Crippen molar-refractivity contribution in [2.24, 2.45) is 5.10 Å². The van der Waals surface area contributed by atoms with E-state index in [0.29, 0.717) is 5.56 Å². The maximum atomic E-state index is 11.8. The molecule has 3 N–H and O–H groups in total. The summed E-state index contributed by atoms with van der Waals surface area (Å²) >= 11 is 0. The fourth-order valence-corrected chi connectivity index (χ4v) is 2.40. The Hall–Kier alpha value is -3.07. The first-order valence-electron chi connectivity index (χ1n) is 7.05. The maximum absolute atomic E-state index is 11.8. The average Bonchev–Trinajstić information content (AvgIpc) is 2.48. The molecule has 0 atom stereocenters. The number of nitrogens with one attached hydrogen (secondary N) is 1. The van der Waals surface area contributed by atoms with E-state index in [0.717, 1.165) is 12.3 Å². The Morgan fingerprint density at radius 1 is 1.20 bits per heavy atom. The van der Waals surface area contributed by atoms with Gasteiger partial charge in [0.1, 0.15) is 11.5 Å². The van der Waals surface area contributed by atoms with Crippen molar-refractivity contribution in [3.05, 3.63) is 53.6 Å². The van der Waals surface area contributed by atoms with Crippen LogP contribution in [0.5, 0.6) is 17.2 Å². The summed E-state index contributed by atoms with van der Waals surface area (Å²) in [6.45, 7) is 0. The molecule has 0 bridgehead atoms. The van der Waals surface area contributed by atoms with Crippen molar-refractivity contribution in [1.29, 1.82) is 0 Å². The molecule has 0 aromatic heterocycles. The second-order valence-corrected chi connectivity index (χ2v) is 6.72. The zero-order valence-electron chi connectivity index (χ0n) is 13.2. The highest BCUT2D eigenvalue weighted by Crippen LogP contribution is 2.23. The largest absolute Gasteiger partial charge is 0.508 e. The van der Waals surface area contributed by atoms with Crippen LogP contribution in [0.1, 0.15) is 11.1 Å². The molecule has 0 saturated heterocycles. The van der Waals surface area contributed by atoms with Crippen molar-refractivity contribution in [1.82, 2.24) is 5.43 Å². The van der Waals surface area contributed by atoms with Crippen LogP contribution in [0.4, 0.5) is 0 Å². The van der Waals surface area contributed by atoms with E-state index in [1.165, 1.54) is 30.5 Å². The summed E-state index contributed by atoms with van der Waals surface area (Å²) in [4.78, 5) is 11.8. The Morgan fingerprint density at radius 3 is 2.60 bits per heavy atom. The number of rotatable bonds is 6. The molecule has 0 saturated carbocycles. The van der Waals surface area contributed by atoms with Gasteiger partial charge in [0.2, 0.25) is 5.91 Å². The Morgan fingerprint density at radius 2 is 1.92 bits per heavy atom. The number of phenols is 2. The number of nitrogens with zero attached hydrogens (tertiary/aromatic N) is 1. The number of carbonyl (C=O) groups excluding carboxylic acids is 1. The van der Waals surface area contributed by atoms with Gasteiger partial charge in [0.15, 0.2) is 5.75 Å². The molecule has 2 aromatic carbocycles. The lowest BCUT2D eigenvalue weighted by molar-refractivity contribution is -0.120. The van der Waals surface area contributed by atoms with Crippen LogP contribution in [0.3, 0.4) is 0 Å². The second-order valence-electron chi connectivity index (χ2n) is 5.15. The average molecular weight is 364 g/mol. The SMILES string of the molecule is CS(=O)(=O)Oc1cc(O)ccc1/C=N/NC(=O)Cc1cccc(O)c1. The van der Waals surface area contributed by atoms with Gasteiger partial charge < -0.3 is 14.4 Å². The fraction of sp³-hybridized carbons (Fsp3) is 0.125. The van der Waals surface area contributed by atoms with Crippen LogP contribution >= 0.6 is 0 Å². The van der Waals surface area contributed by atoms with E-state index < -0.39 is 16.0 Å². The summed E-state index contributed by atoms with van der Waals surface area (Å²) in [5, 5.41) is 22.5. The molecule has 0 aliphatic rings. The van der Waals surface area contributed by atoms with Gasteiger partial charge in [0.05, 0.1) is 18.9 Å². The fourth-order valence-electron chi connectivity index (χ4n) is 1.93. The number of hydrogen-bond acceptors (Lipinski definition) is 7. The minimum absolute atomic E-state index is 0.00795. The van der Waals surface area contributed by atoms with Gasteiger partial charge in [-0.25, -0.2) is 5.43 Å². The molecule has 0 aliphatic carbocycles. The van der Waals surface area contributed by atoms with Crippen LogP contribution in [0.15, 0.2) is 47.6 Å². The summed E-state index contributed by atoms with van der Waals surface area (Å²) < 4.78 is 27.2. The zero-order valence-corrected chi connectivity index (χ0v) is 14.0. The van der Waals surface area contributed by atoms with E-state index in [1.807, 2.05) is 0 Å². The minimum Gasteiger partial charge on any atom is -0.508 e. The van der Waals surface area contributed by atoms with Crippen LogP contribution in [0, 0.1) is 0 Å². The van der Waals surface area contributed by atoms with Crippen LogP contribution < -0.4 is 9.61 Å². The van der Waals surface area contributed by atoms with Gasteiger partial charge in [0, 0.05) is 11.6 Å². The molecule has 2 aromatic rings. The second kappa shape index (κ2) is 7.67. The number of aromatic hydroxyl groups is 2. The van der Waals surface area contributed by atoms with Crippen molar-refractivity contribution in [2.75, 3.05) is 6.26 Å². The standard InChI is InChI=1S/C16H16N2O6S/c1-25(22,23)24-15-9-14(20)6-5-12(15)10-17-18-16(21)8-11-3-2-4-13(19)7-11/h2-7,9-10,19-20H,8H2,1H3,(H,18,21)/b17-10+. The Kier molecular flexibility index (Phi) is 5.60. The van der Waals surface area contributed by atoms with E-state index in [9.17, 15) is 23.4 Å². The molecule has 1 amide bonds. The minimum atomic E-state index is -3.79. The van der Waals surface area contributed by atoms with Crippen molar-refractivity contribution in [2.45, 2.75) is 6.42 Å². The topological polar surface area (TPSA) is 125 Å². The number of benzene rings is 2. The van der Waals surface area contributed by atoms with Crippen molar-refractivity contribution >= 4 is 22.2 Å². The number of hydrogen-bond donors (Lipinski definition) is 3. The van der Waals surface area contributed by atoms with E-state index in [2.05, 4.69) is 10.5 Å². The lowest BCUT2D eigenvalue weighted by Crippen LogP contribution is -2.19. The smallest absolute Gasteiger partial charge is 0.306 e. The molecule has 0 heterocycles. The Balaban J connectivity index is 2.05. The van der Waals surface area contributed by atoms with Gasteiger partial charge in [-0.2, -0.15) is 13.5 Å². The number of hydrazone groups is 1. The van der Waals surface area contributed by atoms with Gasteiger partial charge in [-0.15, -0.1) is 0 Å². The van der Waals surface area contributed by atoms with E-state index in [4.69, 9.17) is 4.18 Å². The van der Waals surface area contributed by atoms with Crippen LogP contribution in [-0.4, -0.2) is 37.0 Å². The Labute approximate surface area is 144 Å². The lowest BCUT2D eigenvalue weighted by Gasteiger charge is -2.07. The van der Waals surface area contributed by atoms with Gasteiger partial charge in [-0.3, -0.25) is 4.79 Å². The summed E-state index contributed by atoms with van der Waals surface area (Å²) in [5.41, 5.74) is 3.15. The molecule has 0 unspecified atom stereocenters. The summed E-state index contributed by atoms with van der Waals surface area (Å²) in [6.07, 6.45) is 2.07. The summed E-state index contributed by atoms with van der Waals surface area (Å²) in [6, 6.07) is 10.1. The molecular formula is C16H16N2O6S. The monoisotopic (exact) mass is 364 g/mol. The molecule has 2 rings (SSSR count). The summed E-state index contributed by atoms with van der Waals surface area (Å²) in [5.74, 6) is -0.663. The first-order chi connectivity index (χ1) is 11.7. The van der Waals surface area contributed by atoms with Crippen molar-refractivity contribution in [3.8, 4) is 17.2 Å². The highest BCUT2D eigenvalue weighted by molar-refractivity contribution is 7.86. The van der Waals surface area contributed by atoms with E-state index >= 15 is 0 Å². The Bertz CT molecular complexity index is 909. The first kappa shape index (κ1) is 18.3. The van der Waals surface area contributed by atoms with E-state index in [-0.39, 0.29) is 29.2 Å². The van der Waals surface area contributed by atoms with Gasteiger partial charge >= 0.3 is 10.1 Å². The maximum Gasteiger partial charge on any atom is 0.306 e. The normalized spacial score (nSPS) is 11.4. The molecule has 9 heteroatoms. The van der Waals surface area contributed by atoms with E-state index in [1.54, 1.807) is 12.1 Å². The summed E-state index contributed by atoms with van der Waals surface area (Å²) in [7, 11) is -3.79. The lowest BCUT2D eigenvalue weighted by atomic mass is 10.1. The third kappa shape index (κ3) is 6.15. The third-order valence-electron chi connectivity index (χ3n) is 2.91. The highest BCUT2D eigenvalue weighted by Gasteiger charge is 2.10. The molecule has 132 valence electrons. The molecule has 0 spiro atoms. The molecule has 8 nitrogen and oxygen atoms in total. The molecule has 0 radical (unpaired) electrons. The van der Waals surface area contributed by atoms with Gasteiger partial charge in [0.25, 0.3) is 0 Å². The van der Waals surface area contributed by atoms with Gasteiger partial charge in [-0.05, 0) is 29.8 Å². The third-order valence-corrected chi connectivity index (χ3v) is 3.39. The zero-order chi connectivity index (χ0) is 18.4.